The second kappa shape index (κ2) is 9.14. The SMILES string of the molecule is CCOCCOc1ccc(S(=O)(=O)N2CCC(N3CCNCC3)C2)cc1. The second-order valence-corrected chi connectivity index (χ2v) is 8.55. The molecule has 1 atom stereocenters. The quantitative estimate of drug-likeness (QED) is 0.669. The van der Waals surface area contributed by atoms with Crippen LogP contribution in [0.25, 0.3) is 0 Å². The summed E-state index contributed by atoms with van der Waals surface area (Å²) in [4.78, 5) is 2.73. The van der Waals surface area contributed by atoms with Crippen molar-refractivity contribution >= 4 is 10.0 Å². The predicted octanol–water partition coefficient (Wildman–Crippen LogP) is 0.770. The lowest BCUT2D eigenvalue weighted by molar-refractivity contribution is 0.110. The minimum absolute atomic E-state index is 0.327. The zero-order valence-corrected chi connectivity index (χ0v) is 16.2. The Hall–Kier alpha value is -1.19. The molecule has 2 saturated heterocycles. The lowest BCUT2D eigenvalue weighted by atomic mass is 10.2. The number of rotatable bonds is 8. The molecule has 1 aromatic rings. The summed E-state index contributed by atoms with van der Waals surface area (Å²) >= 11 is 0. The average Bonchev–Trinajstić information content (AvgIpc) is 3.17. The van der Waals surface area contributed by atoms with E-state index in [9.17, 15) is 8.42 Å². The number of benzene rings is 1. The predicted molar refractivity (Wildman–Crippen MR) is 100 cm³/mol. The molecule has 0 aliphatic carbocycles. The highest BCUT2D eigenvalue weighted by atomic mass is 32.2. The molecule has 2 aliphatic rings. The first-order chi connectivity index (χ1) is 12.6. The third-order valence-electron chi connectivity index (χ3n) is 4.96. The van der Waals surface area contributed by atoms with Gasteiger partial charge in [-0.3, -0.25) is 4.90 Å². The monoisotopic (exact) mass is 383 g/mol. The minimum atomic E-state index is -3.45. The molecule has 146 valence electrons. The molecule has 26 heavy (non-hydrogen) atoms. The summed E-state index contributed by atoms with van der Waals surface area (Å²) in [6, 6.07) is 7.01. The first-order valence-electron chi connectivity index (χ1n) is 9.37. The molecule has 2 fully saturated rings. The van der Waals surface area contributed by atoms with Crippen LogP contribution in [0.4, 0.5) is 0 Å². The zero-order chi connectivity index (χ0) is 18.4. The van der Waals surface area contributed by atoms with Crippen molar-refractivity contribution in [1.82, 2.24) is 14.5 Å². The number of hydrogen-bond acceptors (Lipinski definition) is 6. The van der Waals surface area contributed by atoms with Crippen molar-refractivity contribution in [3.8, 4) is 5.75 Å². The van der Waals surface area contributed by atoms with Crippen LogP contribution in [0.3, 0.4) is 0 Å². The maximum absolute atomic E-state index is 12.9. The highest BCUT2D eigenvalue weighted by molar-refractivity contribution is 7.89. The van der Waals surface area contributed by atoms with E-state index in [0.717, 1.165) is 32.6 Å². The van der Waals surface area contributed by atoms with Crippen molar-refractivity contribution in [2.75, 3.05) is 59.1 Å². The smallest absolute Gasteiger partial charge is 0.243 e. The van der Waals surface area contributed by atoms with Crippen LogP contribution in [0, 0.1) is 0 Å². The van der Waals surface area contributed by atoms with Gasteiger partial charge in [-0.1, -0.05) is 0 Å². The number of piperazine rings is 1. The van der Waals surface area contributed by atoms with Crippen LogP contribution in [-0.4, -0.2) is 82.8 Å². The Labute approximate surface area is 156 Å². The molecular formula is C18H29N3O4S. The number of ether oxygens (including phenoxy) is 2. The van der Waals surface area contributed by atoms with Crippen LogP contribution in [-0.2, 0) is 14.8 Å². The first-order valence-corrected chi connectivity index (χ1v) is 10.8. The Bertz CT molecular complexity index is 660. The molecule has 7 nitrogen and oxygen atoms in total. The van der Waals surface area contributed by atoms with E-state index in [1.54, 1.807) is 28.6 Å². The highest BCUT2D eigenvalue weighted by Gasteiger charge is 2.35. The minimum Gasteiger partial charge on any atom is -0.491 e. The van der Waals surface area contributed by atoms with Gasteiger partial charge in [-0.2, -0.15) is 4.31 Å². The summed E-state index contributed by atoms with van der Waals surface area (Å²) in [7, 11) is -3.45. The molecule has 0 saturated carbocycles. The molecule has 0 aromatic heterocycles. The summed E-state index contributed by atoms with van der Waals surface area (Å²) in [5.74, 6) is 0.656. The van der Waals surface area contributed by atoms with Crippen molar-refractivity contribution < 1.29 is 17.9 Å². The maximum atomic E-state index is 12.9. The van der Waals surface area contributed by atoms with E-state index in [-0.39, 0.29) is 0 Å². The molecular weight excluding hydrogens is 354 g/mol. The van der Waals surface area contributed by atoms with Crippen molar-refractivity contribution in [3.05, 3.63) is 24.3 Å². The molecule has 0 bridgehead atoms. The Balaban J connectivity index is 1.57. The van der Waals surface area contributed by atoms with Gasteiger partial charge in [0.1, 0.15) is 12.4 Å². The van der Waals surface area contributed by atoms with Crippen LogP contribution in [0.1, 0.15) is 13.3 Å². The van der Waals surface area contributed by atoms with E-state index in [1.165, 1.54) is 0 Å². The van der Waals surface area contributed by atoms with Crippen molar-refractivity contribution in [3.63, 3.8) is 0 Å². The van der Waals surface area contributed by atoms with Crippen molar-refractivity contribution in [2.45, 2.75) is 24.3 Å². The Kier molecular flexibility index (Phi) is 6.88. The van der Waals surface area contributed by atoms with E-state index >= 15 is 0 Å². The van der Waals surface area contributed by atoms with Gasteiger partial charge in [0, 0.05) is 51.9 Å². The highest BCUT2D eigenvalue weighted by Crippen LogP contribution is 2.25. The molecule has 1 N–H and O–H groups in total. The van der Waals surface area contributed by atoms with Crippen LogP contribution < -0.4 is 10.1 Å². The molecule has 0 radical (unpaired) electrons. The van der Waals surface area contributed by atoms with Gasteiger partial charge in [0.05, 0.1) is 11.5 Å². The third kappa shape index (κ3) is 4.75. The largest absolute Gasteiger partial charge is 0.491 e. The molecule has 0 spiro atoms. The fourth-order valence-electron chi connectivity index (χ4n) is 3.49. The van der Waals surface area contributed by atoms with Crippen LogP contribution in [0.15, 0.2) is 29.2 Å². The van der Waals surface area contributed by atoms with Gasteiger partial charge in [0.15, 0.2) is 0 Å². The zero-order valence-electron chi connectivity index (χ0n) is 15.4. The van der Waals surface area contributed by atoms with Gasteiger partial charge in [-0.15, -0.1) is 0 Å². The summed E-state index contributed by atoms with van der Waals surface area (Å²) < 4.78 is 38.2. The van der Waals surface area contributed by atoms with Gasteiger partial charge in [0.25, 0.3) is 0 Å². The van der Waals surface area contributed by atoms with Gasteiger partial charge >= 0.3 is 0 Å². The van der Waals surface area contributed by atoms with Gasteiger partial charge in [0.2, 0.25) is 10.0 Å². The molecule has 2 heterocycles. The first kappa shape index (κ1) is 19.6. The van der Waals surface area contributed by atoms with Gasteiger partial charge < -0.3 is 14.8 Å². The molecule has 0 amide bonds. The summed E-state index contributed by atoms with van der Waals surface area (Å²) in [5, 5.41) is 3.34. The fourth-order valence-corrected chi connectivity index (χ4v) is 4.99. The van der Waals surface area contributed by atoms with Gasteiger partial charge in [-0.25, -0.2) is 8.42 Å². The van der Waals surface area contributed by atoms with E-state index in [0.29, 0.717) is 49.6 Å². The molecule has 1 aromatic carbocycles. The van der Waals surface area contributed by atoms with Crippen LogP contribution in [0.2, 0.25) is 0 Å². The van der Waals surface area contributed by atoms with Crippen LogP contribution >= 0.6 is 0 Å². The fraction of sp³-hybridized carbons (Fsp3) is 0.667. The molecule has 8 heteroatoms. The van der Waals surface area contributed by atoms with Gasteiger partial charge in [-0.05, 0) is 37.6 Å². The standard InChI is InChI=1S/C18H29N3O4S/c1-2-24-13-14-25-17-3-5-18(6-4-17)26(22,23)21-10-7-16(15-21)20-11-8-19-9-12-20/h3-6,16,19H,2,7-15H2,1H3. The lowest BCUT2D eigenvalue weighted by Crippen LogP contribution is -2.49. The number of nitrogens with zero attached hydrogens (tertiary/aromatic N) is 2. The average molecular weight is 384 g/mol. The summed E-state index contributed by atoms with van der Waals surface area (Å²) in [5.41, 5.74) is 0. The van der Waals surface area contributed by atoms with Crippen molar-refractivity contribution in [2.24, 2.45) is 0 Å². The van der Waals surface area contributed by atoms with Crippen molar-refractivity contribution in [1.29, 1.82) is 0 Å². The number of sulfonamides is 1. The topological polar surface area (TPSA) is 71.1 Å². The molecule has 2 aliphatic heterocycles. The maximum Gasteiger partial charge on any atom is 0.243 e. The summed E-state index contributed by atoms with van der Waals surface area (Å²) in [6.45, 7) is 8.69. The van der Waals surface area contributed by atoms with E-state index < -0.39 is 10.0 Å². The second-order valence-electron chi connectivity index (χ2n) is 6.61. The van der Waals surface area contributed by atoms with E-state index in [4.69, 9.17) is 9.47 Å². The molecule has 3 rings (SSSR count). The van der Waals surface area contributed by atoms with Crippen LogP contribution in [0.5, 0.6) is 5.75 Å². The Morgan fingerprint density at radius 3 is 2.54 bits per heavy atom. The Morgan fingerprint density at radius 2 is 1.85 bits per heavy atom. The van der Waals surface area contributed by atoms with E-state index in [2.05, 4.69) is 10.2 Å². The molecule has 1 unspecified atom stereocenters. The number of nitrogens with one attached hydrogen (secondary N) is 1. The normalized spacial score (nSPS) is 22.6. The Morgan fingerprint density at radius 1 is 1.12 bits per heavy atom. The number of hydrogen-bond donors (Lipinski definition) is 1. The van der Waals surface area contributed by atoms with E-state index in [1.807, 2.05) is 6.92 Å². The summed E-state index contributed by atoms with van der Waals surface area (Å²) in [6.07, 6.45) is 0.901. The third-order valence-corrected chi connectivity index (χ3v) is 6.84. The lowest BCUT2D eigenvalue weighted by Gasteiger charge is -2.32.